The van der Waals surface area contributed by atoms with E-state index in [1.807, 2.05) is 13.8 Å². The van der Waals surface area contributed by atoms with Crippen molar-refractivity contribution in [1.82, 2.24) is 0 Å². The van der Waals surface area contributed by atoms with Gasteiger partial charge < -0.3 is 14.6 Å². The monoisotopic (exact) mass is 284 g/mol. The molecule has 5 fully saturated rings. The molecule has 1 unspecified atom stereocenters. The van der Waals surface area contributed by atoms with E-state index in [4.69, 9.17) is 19.2 Å². The summed E-state index contributed by atoms with van der Waals surface area (Å²) >= 11 is 0. The lowest BCUT2D eigenvalue weighted by atomic mass is 9.58. The minimum absolute atomic E-state index is 0.0379. The molecule has 1 saturated carbocycles. The molecular formula is C15H24O5. The summed E-state index contributed by atoms with van der Waals surface area (Å²) in [7, 11) is 0. The third-order valence-electron chi connectivity index (χ3n) is 6.12. The van der Waals surface area contributed by atoms with Crippen molar-refractivity contribution < 1.29 is 24.4 Å². The molecule has 1 spiro atoms. The van der Waals surface area contributed by atoms with Gasteiger partial charge in [-0.3, -0.25) is 0 Å². The number of hydrogen-bond acceptors (Lipinski definition) is 5. The smallest absolute Gasteiger partial charge is 0.201 e. The number of aliphatic hydroxyl groups excluding tert-OH is 1. The van der Waals surface area contributed by atoms with Crippen molar-refractivity contribution in [2.24, 2.45) is 23.7 Å². The zero-order valence-electron chi connectivity index (χ0n) is 12.4. The Morgan fingerprint density at radius 3 is 2.65 bits per heavy atom. The van der Waals surface area contributed by atoms with Gasteiger partial charge in [0.05, 0.1) is 0 Å². The van der Waals surface area contributed by atoms with E-state index in [0.29, 0.717) is 11.8 Å². The predicted octanol–water partition coefficient (Wildman–Crippen LogP) is 2.19. The quantitative estimate of drug-likeness (QED) is 0.691. The summed E-state index contributed by atoms with van der Waals surface area (Å²) in [6.45, 7) is 6.22. The first kappa shape index (κ1) is 13.5. The van der Waals surface area contributed by atoms with Crippen molar-refractivity contribution in [3.8, 4) is 0 Å². The second-order valence-corrected chi connectivity index (χ2v) is 7.30. The van der Waals surface area contributed by atoms with Crippen LogP contribution in [0.3, 0.4) is 0 Å². The van der Waals surface area contributed by atoms with Gasteiger partial charge in [0.1, 0.15) is 0 Å². The Morgan fingerprint density at radius 1 is 1.05 bits per heavy atom. The topological polar surface area (TPSA) is 57.2 Å². The van der Waals surface area contributed by atoms with Crippen molar-refractivity contribution in [1.29, 1.82) is 0 Å². The molecule has 0 aromatic carbocycles. The molecule has 5 aliphatic rings. The van der Waals surface area contributed by atoms with Crippen LogP contribution >= 0.6 is 0 Å². The number of rotatable bonds is 0. The highest BCUT2D eigenvalue weighted by atomic mass is 17.3. The average Bonchev–Trinajstić information content (AvgIpc) is 2.63. The minimum atomic E-state index is -0.781. The molecule has 114 valence electrons. The molecule has 4 heterocycles. The molecule has 1 aliphatic carbocycles. The Labute approximate surface area is 119 Å². The summed E-state index contributed by atoms with van der Waals surface area (Å²) in [6.07, 6.45) is 2.72. The highest BCUT2D eigenvalue weighted by Crippen LogP contribution is 2.60. The first-order valence-corrected chi connectivity index (χ1v) is 7.84. The van der Waals surface area contributed by atoms with Gasteiger partial charge in [0.2, 0.25) is 5.79 Å². The average molecular weight is 284 g/mol. The number of ether oxygens (including phenoxy) is 2. The fourth-order valence-electron chi connectivity index (χ4n) is 4.89. The Bertz CT molecular complexity index is 411. The predicted molar refractivity (Wildman–Crippen MR) is 69.0 cm³/mol. The van der Waals surface area contributed by atoms with E-state index in [1.54, 1.807) is 0 Å². The van der Waals surface area contributed by atoms with E-state index in [1.165, 1.54) is 6.42 Å². The van der Waals surface area contributed by atoms with Gasteiger partial charge in [0, 0.05) is 18.3 Å². The third-order valence-corrected chi connectivity index (χ3v) is 6.12. The first-order valence-electron chi connectivity index (χ1n) is 7.84. The summed E-state index contributed by atoms with van der Waals surface area (Å²) < 4.78 is 11.9. The van der Waals surface area contributed by atoms with Gasteiger partial charge in [-0.1, -0.05) is 13.8 Å². The lowest BCUT2D eigenvalue weighted by Crippen LogP contribution is -2.70. The van der Waals surface area contributed by atoms with E-state index < -0.39 is 24.0 Å². The van der Waals surface area contributed by atoms with E-state index in [9.17, 15) is 5.11 Å². The van der Waals surface area contributed by atoms with Crippen LogP contribution in [-0.4, -0.2) is 29.1 Å². The molecule has 8 atom stereocenters. The largest absolute Gasteiger partial charge is 0.368 e. The van der Waals surface area contributed by atoms with Crippen LogP contribution in [-0.2, 0) is 19.2 Å². The first-order chi connectivity index (χ1) is 9.46. The molecule has 2 bridgehead atoms. The van der Waals surface area contributed by atoms with Crippen LogP contribution in [0.25, 0.3) is 0 Å². The summed E-state index contributed by atoms with van der Waals surface area (Å²) in [5.41, 5.74) is -0.549. The van der Waals surface area contributed by atoms with Crippen molar-refractivity contribution >= 4 is 0 Å². The maximum Gasteiger partial charge on any atom is 0.201 e. The van der Waals surface area contributed by atoms with Gasteiger partial charge in [0.15, 0.2) is 18.2 Å². The van der Waals surface area contributed by atoms with Gasteiger partial charge in [-0.2, -0.15) is 0 Å². The van der Waals surface area contributed by atoms with Crippen LogP contribution in [0.15, 0.2) is 0 Å². The standard InChI is InChI=1S/C15H24O5/c1-8-4-5-11-9(2)12(16)17-13-15(11)10(8)6-7-14(3,18-13)19-20-15/h8-13,16H,4-7H2,1-3H3/t8-,9-,10?,11+,12+,13-,14+,15-/m1/s1. The molecule has 4 saturated heterocycles. The maximum absolute atomic E-state index is 10.2. The zero-order chi connectivity index (χ0) is 14.1. The molecular weight excluding hydrogens is 260 g/mol. The lowest BCUT2D eigenvalue weighted by molar-refractivity contribution is -0.576. The summed E-state index contributed by atoms with van der Waals surface area (Å²) in [4.78, 5) is 11.6. The lowest BCUT2D eigenvalue weighted by Gasteiger charge is -2.59. The molecule has 0 aromatic heterocycles. The van der Waals surface area contributed by atoms with Crippen molar-refractivity contribution in [2.75, 3.05) is 0 Å². The number of fused-ring (bicyclic) bond motifs is 2. The second kappa shape index (κ2) is 4.17. The van der Waals surface area contributed by atoms with Crippen LogP contribution in [0.1, 0.15) is 46.5 Å². The fraction of sp³-hybridized carbons (Fsp3) is 1.00. The van der Waals surface area contributed by atoms with E-state index >= 15 is 0 Å². The van der Waals surface area contributed by atoms with E-state index in [0.717, 1.165) is 19.3 Å². The van der Waals surface area contributed by atoms with Crippen LogP contribution in [0.5, 0.6) is 0 Å². The highest BCUT2D eigenvalue weighted by Gasteiger charge is 2.69. The third kappa shape index (κ3) is 1.56. The summed E-state index contributed by atoms with van der Waals surface area (Å²) in [6, 6.07) is 0. The fourth-order valence-corrected chi connectivity index (χ4v) is 4.89. The SMILES string of the molecule is C[C@H]1[C@@H](O)O[C@@H]2O[C@]3(C)CCC4[C@H](C)CC[C@@H]1[C@]42OO3. The van der Waals surface area contributed by atoms with E-state index in [2.05, 4.69) is 6.92 Å². The Hall–Kier alpha value is -0.200. The van der Waals surface area contributed by atoms with Gasteiger partial charge in [-0.25, -0.2) is 9.78 Å². The van der Waals surface area contributed by atoms with Crippen molar-refractivity contribution in [3.05, 3.63) is 0 Å². The van der Waals surface area contributed by atoms with Crippen LogP contribution in [0.2, 0.25) is 0 Å². The molecule has 0 amide bonds. The Kier molecular flexibility index (Phi) is 2.81. The van der Waals surface area contributed by atoms with Crippen LogP contribution in [0.4, 0.5) is 0 Å². The summed E-state index contributed by atoms with van der Waals surface area (Å²) in [5, 5.41) is 10.2. The Morgan fingerprint density at radius 2 is 1.85 bits per heavy atom. The highest BCUT2D eigenvalue weighted by molar-refractivity contribution is 5.08. The van der Waals surface area contributed by atoms with Crippen molar-refractivity contribution in [3.63, 3.8) is 0 Å². The van der Waals surface area contributed by atoms with Crippen LogP contribution in [0, 0.1) is 23.7 Å². The molecule has 5 rings (SSSR count). The van der Waals surface area contributed by atoms with Gasteiger partial charge >= 0.3 is 0 Å². The second-order valence-electron chi connectivity index (χ2n) is 7.30. The normalized spacial score (nSPS) is 61.8. The van der Waals surface area contributed by atoms with Crippen LogP contribution < -0.4 is 0 Å². The Balaban J connectivity index is 1.82. The summed E-state index contributed by atoms with van der Waals surface area (Å²) in [5.74, 6) is 0.437. The molecule has 20 heavy (non-hydrogen) atoms. The number of hydrogen-bond donors (Lipinski definition) is 1. The molecule has 5 nitrogen and oxygen atoms in total. The minimum Gasteiger partial charge on any atom is -0.368 e. The maximum atomic E-state index is 10.2. The van der Waals surface area contributed by atoms with Gasteiger partial charge in [0.25, 0.3) is 0 Å². The van der Waals surface area contributed by atoms with Gasteiger partial charge in [-0.15, -0.1) is 0 Å². The number of aliphatic hydroxyl groups is 1. The molecule has 5 heteroatoms. The molecule has 4 aliphatic heterocycles. The van der Waals surface area contributed by atoms with E-state index in [-0.39, 0.29) is 11.8 Å². The van der Waals surface area contributed by atoms with Crippen molar-refractivity contribution in [2.45, 2.75) is 70.4 Å². The molecule has 1 N–H and O–H groups in total. The molecule has 0 aromatic rings. The zero-order valence-corrected chi connectivity index (χ0v) is 12.4. The molecule has 0 radical (unpaired) electrons. The van der Waals surface area contributed by atoms with Gasteiger partial charge in [-0.05, 0) is 38.0 Å².